The van der Waals surface area contributed by atoms with Crippen LogP contribution in [0.25, 0.3) is 0 Å². The van der Waals surface area contributed by atoms with Crippen molar-refractivity contribution in [1.29, 1.82) is 5.26 Å². The van der Waals surface area contributed by atoms with Gasteiger partial charge in [0.15, 0.2) is 0 Å². The van der Waals surface area contributed by atoms with Crippen molar-refractivity contribution in [3.63, 3.8) is 0 Å². The lowest BCUT2D eigenvalue weighted by Crippen LogP contribution is -2.33. The number of hydrogen-bond acceptors (Lipinski definition) is 3. The van der Waals surface area contributed by atoms with Crippen molar-refractivity contribution >= 4 is 17.2 Å². The van der Waals surface area contributed by atoms with Crippen LogP contribution in [-0.4, -0.2) is 23.9 Å². The Morgan fingerprint density at radius 1 is 1.62 bits per heavy atom. The average molecular weight is 236 g/mol. The topological polar surface area (TPSA) is 44.1 Å². The molecule has 1 unspecified atom stereocenters. The molecule has 0 saturated carbocycles. The molecule has 0 aliphatic carbocycles. The molecule has 0 bridgehead atoms. The van der Waals surface area contributed by atoms with Crippen LogP contribution in [0.2, 0.25) is 0 Å². The Bertz CT molecular complexity index is 405. The Morgan fingerprint density at radius 2 is 2.31 bits per heavy atom. The Kier molecular flexibility index (Phi) is 4.51. The molecule has 0 aliphatic rings. The maximum Gasteiger partial charge on any atom is 0.263 e. The molecule has 0 spiro atoms. The molecule has 1 amide bonds. The van der Waals surface area contributed by atoms with Crippen molar-refractivity contribution in [3.05, 3.63) is 21.9 Å². The number of carbonyl (C=O) groups excluding carboxylic acids is 1. The predicted molar refractivity (Wildman–Crippen MR) is 65.4 cm³/mol. The monoisotopic (exact) mass is 236 g/mol. The van der Waals surface area contributed by atoms with Gasteiger partial charge in [-0.05, 0) is 32.9 Å². The standard InChI is InChI=1S/C12H16N2OS/c1-4-14(8-9(2)7-13)12(15)11-6-5-10(3)16-11/h5-6,9H,4,8H2,1-3H3. The summed E-state index contributed by atoms with van der Waals surface area (Å²) in [5, 5.41) is 8.75. The summed E-state index contributed by atoms with van der Waals surface area (Å²) in [4.78, 5) is 15.7. The van der Waals surface area contributed by atoms with Gasteiger partial charge in [0.2, 0.25) is 0 Å². The molecule has 1 aromatic heterocycles. The summed E-state index contributed by atoms with van der Waals surface area (Å²) in [6.45, 7) is 6.89. The van der Waals surface area contributed by atoms with Gasteiger partial charge in [0.25, 0.3) is 5.91 Å². The number of nitriles is 1. The lowest BCUT2D eigenvalue weighted by atomic mass is 10.2. The molecular formula is C12H16N2OS. The number of amides is 1. The van der Waals surface area contributed by atoms with Gasteiger partial charge in [-0.15, -0.1) is 11.3 Å². The van der Waals surface area contributed by atoms with Gasteiger partial charge in [-0.2, -0.15) is 5.26 Å². The van der Waals surface area contributed by atoms with Gasteiger partial charge in [-0.3, -0.25) is 4.79 Å². The van der Waals surface area contributed by atoms with Gasteiger partial charge in [0.1, 0.15) is 0 Å². The normalized spacial score (nSPS) is 11.9. The largest absolute Gasteiger partial charge is 0.337 e. The van der Waals surface area contributed by atoms with Crippen LogP contribution in [0.15, 0.2) is 12.1 Å². The summed E-state index contributed by atoms with van der Waals surface area (Å²) in [7, 11) is 0. The zero-order valence-corrected chi connectivity index (χ0v) is 10.7. The maximum absolute atomic E-state index is 12.1. The van der Waals surface area contributed by atoms with E-state index >= 15 is 0 Å². The molecule has 1 heterocycles. The third kappa shape index (κ3) is 3.07. The van der Waals surface area contributed by atoms with Gasteiger partial charge in [-0.25, -0.2) is 0 Å². The minimum Gasteiger partial charge on any atom is -0.337 e. The molecule has 0 fully saturated rings. The Hall–Kier alpha value is -1.34. The molecular weight excluding hydrogens is 220 g/mol. The predicted octanol–water partition coefficient (Wildman–Crippen LogP) is 2.68. The van der Waals surface area contributed by atoms with Gasteiger partial charge < -0.3 is 4.90 Å². The molecule has 1 atom stereocenters. The smallest absolute Gasteiger partial charge is 0.263 e. The van der Waals surface area contributed by atoms with E-state index in [1.165, 1.54) is 11.3 Å². The van der Waals surface area contributed by atoms with Crippen molar-refractivity contribution in [3.8, 4) is 6.07 Å². The van der Waals surface area contributed by atoms with E-state index in [1.807, 2.05) is 32.9 Å². The second-order valence-electron chi connectivity index (χ2n) is 3.78. The summed E-state index contributed by atoms with van der Waals surface area (Å²) in [5.41, 5.74) is 0. The lowest BCUT2D eigenvalue weighted by molar-refractivity contribution is 0.0757. The van der Waals surface area contributed by atoms with Gasteiger partial charge in [-0.1, -0.05) is 0 Å². The Balaban J connectivity index is 2.74. The molecule has 3 nitrogen and oxygen atoms in total. The first-order valence-corrected chi connectivity index (χ1v) is 6.15. The Labute approximate surface area is 100 Å². The first-order chi connectivity index (χ1) is 7.58. The first-order valence-electron chi connectivity index (χ1n) is 5.33. The zero-order valence-electron chi connectivity index (χ0n) is 9.86. The van der Waals surface area contributed by atoms with E-state index in [9.17, 15) is 4.79 Å². The van der Waals surface area contributed by atoms with Crippen molar-refractivity contribution in [2.45, 2.75) is 20.8 Å². The number of thiophene rings is 1. The highest BCUT2D eigenvalue weighted by Crippen LogP contribution is 2.17. The summed E-state index contributed by atoms with van der Waals surface area (Å²) < 4.78 is 0. The molecule has 0 saturated heterocycles. The molecule has 0 aromatic carbocycles. The molecule has 1 rings (SSSR count). The van der Waals surface area contributed by atoms with Crippen LogP contribution in [0.1, 0.15) is 28.4 Å². The molecule has 1 aromatic rings. The second-order valence-corrected chi connectivity index (χ2v) is 5.07. The highest BCUT2D eigenvalue weighted by atomic mass is 32.1. The molecule has 0 radical (unpaired) electrons. The van der Waals surface area contributed by atoms with Gasteiger partial charge in [0, 0.05) is 18.0 Å². The summed E-state index contributed by atoms with van der Waals surface area (Å²) in [6, 6.07) is 5.94. The minimum absolute atomic E-state index is 0.0303. The number of hydrogen-bond donors (Lipinski definition) is 0. The van der Waals surface area contributed by atoms with Gasteiger partial charge in [0.05, 0.1) is 16.9 Å². The zero-order chi connectivity index (χ0) is 12.1. The van der Waals surface area contributed by atoms with E-state index < -0.39 is 0 Å². The fourth-order valence-electron chi connectivity index (χ4n) is 1.43. The van der Waals surface area contributed by atoms with E-state index in [2.05, 4.69) is 6.07 Å². The number of nitrogens with zero attached hydrogens (tertiary/aromatic N) is 2. The number of aryl methyl sites for hydroxylation is 1. The summed E-state index contributed by atoms with van der Waals surface area (Å²) in [5.74, 6) is -0.0901. The highest BCUT2D eigenvalue weighted by molar-refractivity contribution is 7.13. The average Bonchev–Trinajstić information content (AvgIpc) is 2.71. The van der Waals surface area contributed by atoms with Gasteiger partial charge >= 0.3 is 0 Å². The first kappa shape index (κ1) is 12.7. The molecule has 86 valence electrons. The van der Waals surface area contributed by atoms with E-state index in [0.29, 0.717) is 13.1 Å². The van der Waals surface area contributed by atoms with Crippen molar-refractivity contribution in [2.24, 2.45) is 5.92 Å². The van der Waals surface area contributed by atoms with E-state index in [-0.39, 0.29) is 11.8 Å². The fraction of sp³-hybridized carbons (Fsp3) is 0.500. The van der Waals surface area contributed by atoms with Crippen LogP contribution in [0, 0.1) is 24.2 Å². The van der Waals surface area contributed by atoms with Crippen LogP contribution in [-0.2, 0) is 0 Å². The minimum atomic E-state index is -0.120. The summed E-state index contributed by atoms with van der Waals surface area (Å²) >= 11 is 1.50. The van der Waals surface area contributed by atoms with Crippen LogP contribution in [0.3, 0.4) is 0 Å². The maximum atomic E-state index is 12.1. The van der Waals surface area contributed by atoms with E-state index in [1.54, 1.807) is 4.90 Å². The SMILES string of the molecule is CCN(CC(C)C#N)C(=O)c1ccc(C)s1. The van der Waals surface area contributed by atoms with Crippen molar-refractivity contribution in [2.75, 3.05) is 13.1 Å². The summed E-state index contributed by atoms with van der Waals surface area (Å²) in [6.07, 6.45) is 0. The Morgan fingerprint density at radius 3 is 2.75 bits per heavy atom. The highest BCUT2D eigenvalue weighted by Gasteiger charge is 2.17. The van der Waals surface area contributed by atoms with E-state index in [4.69, 9.17) is 5.26 Å². The lowest BCUT2D eigenvalue weighted by Gasteiger charge is -2.21. The quantitative estimate of drug-likeness (QED) is 0.806. The number of rotatable bonds is 4. The third-order valence-corrected chi connectivity index (χ3v) is 3.32. The number of carbonyl (C=O) groups is 1. The van der Waals surface area contributed by atoms with Crippen LogP contribution < -0.4 is 0 Å². The van der Waals surface area contributed by atoms with E-state index in [0.717, 1.165) is 9.75 Å². The second kappa shape index (κ2) is 5.66. The molecule has 0 aliphatic heterocycles. The third-order valence-electron chi connectivity index (χ3n) is 2.33. The van der Waals surface area contributed by atoms with Crippen LogP contribution >= 0.6 is 11.3 Å². The van der Waals surface area contributed by atoms with Crippen molar-refractivity contribution < 1.29 is 4.79 Å². The van der Waals surface area contributed by atoms with Crippen LogP contribution in [0.4, 0.5) is 0 Å². The van der Waals surface area contributed by atoms with Crippen LogP contribution in [0.5, 0.6) is 0 Å². The molecule has 4 heteroatoms. The van der Waals surface area contributed by atoms with Crippen molar-refractivity contribution in [1.82, 2.24) is 4.90 Å². The molecule has 0 N–H and O–H groups in total. The fourth-order valence-corrected chi connectivity index (χ4v) is 2.27. The molecule has 16 heavy (non-hydrogen) atoms.